The molecule has 17 heavy (non-hydrogen) atoms. The maximum absolute atomic E-state index is 11.9. The summed E-state index contributed by atoms with van der Waals surface area (Å²) >= 11 is 0. The van der Waals surface area contributed by atoms with E-state index in [0.29, 0.717) is 0 Å². The lowest BCUT2D eigenvalue weighted by Gasteiger charge is -2.10. The molecule has 0 aliphatic carbocycles. The highest BCUT2D eigenvalue weighted by atomic mass is 16.1. The van der Waals surface area contributed by atoms with Gasteiger partial charge in [0.25, 0.3) is 5.56 Å². The molecule has 0 saturated carbocycles. The van der Waals surface area contributed by atoms with Gasteiger partial charge in [0.2, 0.25) is 0 Å². The Morgan fingerprint density at radius 2 is 2.00 bits per heavy atom. The molecule has 2 rings (SSSR count). The second kappa shape index (κ2) is 4.20. The van der Waals surface area contributed by atoms with Gasteiger partial charge in [-0.2, -0.15) is 5.10 Å². The molecule has 2 heterocycles. The summed E-state index contributed by atoms with van der Waals surface area (Å²) in [4.78, 5) is 11.9. The molecule has 0 saturated heterocycles. The Morgan fingerprint density at radius 3 is 2.59 bits per heavy atom. The Kier molecular flexibility index (Phi) is 2.88. The Labute approximate surface area is 101 Å². The van der Waals surface area contributed by atoms with E-state index in [4.69, 9.17) is 0 Å². The van der Waals surface area contributed by atoms with E-state index < -0.39 is 0 Å². The molecule has 0 atom stereocenters. The van der Waals surface area contributed by atoms with Crippen molar-refractivity contribution in [2.24, 2.45) is 7.05 Å². The third-order valence-corrected chi connectivity index (χ3v) is 2.99. The minimum Gasteiger partial charge on any atom is -0.309 e. The number of rotatable bonds is 2. The number of pyridine rings is 1. The maximum Gasteiger partial charge on any atom is 0.253 e. The molecule has 0 aliphatic heterocycles. The predicted octanol–water partition coefficient (Wildman–Crippen LogP) is 1.89. The van der Waals surface area contributed by atoms with Gasteiger partial charge in [0.05, 0.1) is 5.69 Å². The van der Waals surface area contributed by atoms with Gasteiger partial charge in [-0.15, -0.1) is 0 Å². The minimum atomic E-state index is 0.0386. The van der Waals surface area contributed by atoms with E-state index in [9.17, 15) is 4.79 Å². The van der Waals surface area contributed by atoms with Gasteiger partial charge in [-0.3, -0.25) is 9.48 Å². The van der Waals surface area contributed by atoms with E-state index in [1.54, 1.807) is 11.6 Å². The highest BCUT2D eigenvalue weighted by molar-refractivity contribution is 5.59. The van der Waals surface area contributed by atoms with Gasteiger partial charge < -0.3 is 4.57 Å². The van der Waals surface area contributed by atoms with E-state index >= 15 is 0 Å². The third-order valence-electron chi connectivity index (χ3n) is 2.99. The summed E-state index contributed by atoms with van der Waals surface area (Å²) in [6, 6.07) is 3.86. The predicted molar refractivity (Wildman–Crippen MR) is 68.1 cm³/mol. The van der Waals surface area contributed by atoms with Gasteiger partial charge in [-0.25, -0.2) is 0 Å². The van der Waals surface area contributed by atoms with Gasteiger partial charge in [0.1, 0.15) is 5.69 Å². The highest BCUT2D eigenvalue weighted by Gasteiger charge is 2.11. The molecule has 0 spiro atoms. The van der Waals surface area contributed by atoms with Crippen LogP contribution in [0.2, 0.25) is 0 Å². The molecule has 0 bridgehead atoms. The highest BCUT2D eigenvalue weighted by Crippen LogP contribution is 2.19. The number of nitrogens with zero attached hydrogens (tertiary/aromatic N) is 3. The van der Waals surface area contributed by atoms with Crippen LogP contribution in [0.15, 0.2) is 23.1 Å². The van der Waals surface area contributed by atoms with E-state index in [1.807, 2.05) is 43.8 Å². The van der Waals surface area contributed by atoms with Crippen molar-refractivity contribution in [1.29, 1.82) is 0 Å². The molecule has 0 radical (unpaired) electrons. The lowest BCUT2D eigenvalue weighted by Crippen LogP contribution is -2.21. The zero-order chi connectivity index (χ0) is 12.6. The Bertz CT molecular complexity index is 608. The summed E-state index contributed by atoms with van der Waals surface area (Å²) < 4.78 is 3.53. The molecule has 0 amide bonds. The first kappa shape index (κ1) is 11.6. The summed E-state index contributed by atoms with van der Waals surface area (Å²) in [5.74, 6) is 0. The fraction of sp³-hybridized carbons (Fsp3) is 0.385. The molecule has 4 nitrogen and oxygen atoms in total. The summed E-state index contributed by atoms with van der Waals surface area (Å²) in [5, 5.41) is 4.45. The number of hydrogen-bond donors (Lipinski definition) is 0. The van der Waals surface area contributed by atoms with Crippen LogP contribution in [0.1, 0.15) is 18.1 Å². The van der Waals surface area contributed by atoms with Crippen LogP contribution in [-0.2, 0) is 13.6 Å². The van der Waals surface area contributed by atoms with Crippen molar-refractivity contribution in [2.45, 2.75) is 27.3 Å². The van der Waals surface area contributed by atoms with E-state index in [2.05, 4.69) is 5.10 Å². The minimum absolute atomic E-state index is 0.0386. The summed E-state index contributed by atoms with van der Waals surface area (Å²) in [6.45, 7) is 6.72. The van der Waals surface area contributed by atoms with Crippen molar-refractivity contribution in [3.63, 3.8) is 0 Å². The average molecular weight is 231 g/mol. The van der Waals surface area contributed by atoms with Gasteiger partial charge in [0, 0.05) is 25.4 Å². The van der Waals surface area contributed by atoms with E-state index in [-0.39, 0.29) is 5.56 Å². The molecular weight excluding hydrogens is 214 g/mol. The topological polar surface area (TPSA) is 39.8 Å². The molecule has 0 aromatic carbocycles. The Hall–Kier alpha value is -1.84. The normalized spacial score (nSPS) is 10.8. The SMILES string of the molecule is CCn1ccc(-c2c(C)cc(C)c(=O)n2C)n1. The molecule has 0 unspecified atom stereocenters. The fourth-order valence-electron chi connectivity index (χ4n) is 2.12. The van der Waals surface area contributed by atoms with E-state index in [1.165, 1.54) is 0 Å². The smallest absolute Gasteiger partial charge is 0.253 e. The molecule has 0 aliphatic rings. The summed E-state index contributed by atoms with van der Waals surface area (Å²) in [5.41, 5.74) is 3.63. The summed E-state index contributed by atoms with van der Waals surface area (Å²) in [6.07, 6.45) is 1.93. The van der Waals surface area contributed by atoms with Crippen LogP contribution >= 0.6 is 0 Å². The Morgan fingerprint density at radius 1 is 1.29 bits per heavy atom. The summed E-state index contributed by atoms with van der Waals surface area (Å²) in [7, 11) is 1.79. The van der Waals surface area contributed by atoms with Gasteiger partial charge in [-0.1, -0.05) is 0 Å². The number of aromatic nitrogens is 3. The van der Waals surface area contributed by atoms with Crippen molar-refractivity contribution in [3.05, 3.63) is 39.8 Å². The molecule has 2 aromatic heterocycles. The third kappa shape index (κ3) is 1.90. The van der Waals surface area contributed by atoms with Gasteiger partial charge in [0.15, 0.2) is 0 Å². The largest absolute Gasteiger partial charge is 0.309 e. The van der Waals surface area contributed by atoms with Crippen LogP contribution in [0, 0.1) is 13.8 Å². The van der Waals surface area contributed by atoms with Crippen LogP contribution in [0.4, 0.5) is 0 Å². The zero-order valence-electron chi connectivity index (χ0n) is 10.7. The second-order valence-corrected chi connectivity index (χ2v) is 4.28. The lowest BCUT2D eigenvalue weighted by molar-refractivity contribution is 0.660. The Balaban J connectivity index is 2.67. The second-order valence-electron chi connectivity index (χ2n) is 4.28. The van der Waals surface area contributed by atoms with Crippen LogP contribution in [0.5, 0.6) is 0 Å². The monoisotopic (exact) mass is 231 g/mol. The van der Waals surface area contributed by atoms with Crippen molar-refractivity contribution in [3.8, 4) is 11.4 Å². The lowest BCUT2D eigenvalue weighted by atomic mass is 10.1. The van der Waals surface area contributed by atoms with Crippen molar-refractivity contribution in [1.82, 2.24) is 14.3 Å². The molecule has 0 fully saturated rings. The van der Waals surface area contributed by atoms with Crippen molar-refractivity contribution in [2.75, 3.05) is 0 Å². The molecule has 0 N–H and O–H groups in total. The first-order valence-electron chi connectivity index (χ1n) is 5.75. The molecule has 4 heteroatoms. The van der Waals surface area contributed by atoms with Gasteiger partial charge in [-0.05, 0) is 38.5 Å². The molecular formula is C13H17N3O. The number of aryl methyl sites for hydroxylation is 3. The van der Waals surface area contributed by atoms with E-state index in [0.717, 1.165) is 29.1 Å². The fourth-order valence-corrected chi connectivity index (χ4v) is 2.12. The number of hydrogen-bond acceptors (Lipinski definition) is 2. The first-order valence-corrected chi connectivity index (χ1v) is 5.75. The van der Waals surface area contributed by atoms with Crippen LogP contribution < -0.4 is 5.56 Å². The van der Waals surface area contributed by atoms with Gasteiger partial charge >= 0.3 is 0 Å². The van der Waals surface area contributed by atoms with Crippen molar-refractivity contribution >= 4 is 0 Å². The molecule has 2 aromatic rings. The molecule has 90 valence electrons. The average Bonchev–Trinajstić information content (AvgIpc) is 2.74. The maximum atomic E-state index is 11.9. The quantitative estimate of drug-likeness (QED) is 0.791. The van der Waals surface area contributed by atoms with Crippen LogP contribution in [0.3, 0.4) is 0 Å². The first-order chi connectivity index (χ1) is 8.04. The van der Waals surface area contributed by atoms with Crippen LogP contribution in [0.25, 0.3) is 11.4 Å². The standard InChI is InChI=1S/C13H17N3O/c1-5-16-7-6-11(14-16)12-9(2)8-10(3)13(17)15(12)4/h6-8H,5H2,1-4H3. The zero-order valence-corrected chi connectivity index (χ0v) is 10.7. The van der Waals surface area contributed by atoms with Crippen molar-refractivity contribution < 1.29 is 0 Å². The van der Waals surface area contributed by atoms with Crippen LogP contribution in [-0.4, -0.2) is 14.3 Å².